The average molecular weight is 722 g/mol. The average Bonchev–Trinajstić information content (AvgIpc) is 3.59. The van der Waals surface area contributed by atoms with E-state index in [1.807, 2.05) is 32.9 Å². The number of piperazine rings is 2. The minimum absolute atomic E-state index is 0.0475. The molecule has 14 heteroatoms. The van der Waals surface area contributed by atoms with Crippen molar-refractivity contribution < 1.29 is 42.9 Å². The molecular formula is C38H48FN5O8. The summed E-state index contributed by atoms with van der Waals surface area (Å²) >= 11 is 0. The lowest BCUT2D eigenvalue weighted by molar-refractivity contribution is -0.120. The Balaban J connectivity index is 1.10. The van der Waals surface area contributed by atoms with Crippen molar-refractivity contribution in [1.29, 1.82) is 0 Å². The van der Waals surface area contributed by atoms with Crippen LogP contribution in [0.4, 0.5) is 19.7 Å². The summed E-state index contributed by atoms with van der Waals surface area (Å²) in [5.74, 6) is -0.726. The zero-order chi connectivity index (χ0) is 37.2. The molecule has 1 saturated carbocycles. The van der Waals surface area contributed by atoms with Crippen LogP contribution in [-0.2, 0) is 9.53 Å². The number of anilines is 1. The molecule has 6 rings (SSSR count). The normalized spacial score (nSPS) is 20.3. The first-order valence-corrected chi connectivity index (χ1v) is 18.2. The number of nitrogens with zero attached hydrogens (tertiary/aromatic N) is 5. The van der Waals surface area contributed by atoms with E-state index in [2.05, 4.69) is 0 Å². The maximum atomic E-state index is 14.7. The van der Waals surface area contributed by atoms with Gasteiger partial charge in [0.05, 0.1) is 6.54 Å². The van der Waals surface area contributed by atoms with Crippen molar-refractivity contribution in [3.63, 3.8) is 0 Å². The van der Waals surface area contributed by atoms with Gasteiger partial charge in [0.2, 0.25) is 5.91 Å². The zero-order valence-electron chi connectivity index (χ0n) is 30.1. The van der Waals surface area contributed by atoms with Gasteiger partial charge in [-0.2, -0.15) is 0 Å². The standard InChI is InChI=1S/C38H48FN5O8/c1-38(2,3)52-37(50)43-12-11-30(23-43)51-32-10-9-26(21-31(32)25-7-5-4-6-8-25)34(46)40-13-15-41(16-14-40)35(47)27-19-28(39)22-29(20-27)44-18-17-42(36(48)49)24-33(44)45/h9-10,19-22,25,30H,4-8,11-18,23-24H2,1-3H3,(H,48,49). The topological polar surface area (TPSA) is 140 Å². The number of hydrogen-bond acceptors (Lipinski definition) is 7. The number of carbonyl (C=O) groups excluding carboxylic acids is 4. The highest BCUT2D eigenvalue weighted by atomic mass is 19.1. The van der Waals surface area contributed by atoms with Crippen LogP contribution in [0.3, 0.4) is 0 Å². The second-order valence-corrected chi connectivity index (χ2v) is 15.1. The summed E-state index contributed by atoms with van der Waals surface area (Å²) in [5, 5.41) is 9.21. The third kappa shape index (κ3) is 8.59. The van der Waals surface area contributed by atoms with Gasteiger partial charge in [0.25, 0.3) is 11.8 Å². The highest BCUT2D eigenvalue weighted by Gasteiger charge is 2.34. The van der Waals surface area contributed by atoms with E-state index in [0.717, 1.165) is 54.0 Å². The largest absolute Gasteiger partial charge is 0.488 e. The summed E-state index contributed by atoms with van der Waals surface area (Å²) in [6.45, 7) is 7.38. The Kier molecular flexibility index (Phi) is 10.9. The van der Waals surface area contributed by atoms with Crippen LogP contribution in [0, 0.1) is 5.82 Å². The van der Waals surface area contributed by atoms with E-state index < -0.39 is 29.3 Å². The smallest absolute Gasteiger partial charge is 0.410 e. The maximum Gasteiger partial charge on any atom is 0.410 e. The lowest BCUT2D eigenvalue weighted by Crippen LogP contribution is -2.52. The van der Waals surface area contributed by atoms with Crippen molar-refractivity contribution >= 4 is 35.6 Å². The molecule has 52 heavy (non-hydrogen) atoms. The predicted molar refractivity (Wildman–Crippen MR) is 189 cm³/mol. The molecule has 0 aromatic heterocycles. The maximum absolute atomic E-state index is 14.7. The number of carboxylic acid groups (broad SMARTS) is 1. The number of halogens is 1. The fraction of sp³-hybridized carbons (Fsp3) is 0.553. The van der Waals surface area contributed by atoms with Crippen LogP contribution in [0.1, 0.15) is 91.5 Å². The summed E-state index contributed by atoms with van der Waals surface area (Å²) in [4.78, 5) is 71.1. The van der Waals surface area contributed by atoms with Gasteiger partial charge in [0, 0.05) is 69.0 Å². The Morgan fingerprint density at radius 1 is 0.769 bits per heavy atom. The number of likely N-dealkylation sites (tertiary alicyclic amines) is 1. The van der Waals surface area contributed by atoms with E-state index in [9.17, 15) is 33.5 Å². The minimum Gasteiger partial charge on any atom is -0.488 e. The molecule has 1 atom stereocenters. The summed E-state index contributed by atoms with van der Waals surface area (Å²) < 4.78 is 26.8. The van der Waals surface area contributed by atoms with Crippen molar-refractivity contribution in [1.82, 2.24) is 19.6 Å². The minimum atomic E-state index is -1.20. The van der Waals surface area contributed by atoms with Crippen molar-refractivity contribution in [3.05, 3.63) is 58.9 Å². The molecule has 3 aliphatic heterocycles. The Morgan fingerprint density at radius 3 is 2.06 bits per heavy atom. The Bertz CT molecular complexity index is 1700. The molecule has 2 aromatic carbocycles. The molecule has 0 bridgehead atoms. The van der Waals surface area contributed by atoms with Gasteiger partial charge in [-0.3, -0.25) is 19.3 Å². The highest BCUT2D eigenvalue weighted by Crippen LogP contribution is 2.39. The van der Waals surface area contributed by atoms with E-state index in [-0.39, 0.29) is 68.0 Å². The molecule has 3 saturated heterocycles. The molecule has 2 aromatic rings. The molecule has 5 amide bonds. The summed E-state index contributed by atoms with van der Waals surface area (Å²) in [6, 6.07) is 9.35. The molecule has 0 spiro atoms. The van der Waals surface area contributed by atoms with E-state index >= 15 is 0 Å². The molecular weight excluding hydrogens is 673 g/mol. The number of carbonyl (C=O) groups is 5. The van der Waals surface area contributed by atoms with Gasteiger partial charge in [-0.05, 0) is 81.5 Å². The van der Waals surface area contributed by atoms with E-state index in [1.54, 1.807) is 20.8 Å². The van der Waals surface area contributed by atoms with Crippen molar-refractivity contribution in [2.75, 3.05) is 63.8 Å². The lowest BCUT2D eigenvalue weighted by atomic mass is 9.83. The Labute approximate surface area is 303 Å². The third-order valence-electron chi connectivity index (χ3n) is 10.2. The second-order valence-electron chi connectivity index (χ2n) is 15.1. The molecule has 1 unspecified atom stereocenters. The van der Waals surface area contributed by atoms with Crippen LogP contribution in [-0.4, -0.2) is 125 Å². The van der Waals surface area contributed by atoms with Gasteiger partial charge in [-0.1, -0.05) is 19.3 Å². The monoisotopic (exact) mass is 721 g/mol. The number of hydrogen-bond donors (Lipinski definition) is 1. The fourth-order valence-electron chi connectivity index (χ4n) is 7.46. The number of amides is 5. The summed E-state index contributed by atoms with van der Waals surface area (Å²) in [6.07, 6.45) is 4.38. The Hall–Kier alpha value is -4.88. The van der Waals surface area contributed by atoms with Crippen LogP contribution < -0.4 is 9.64 Å². The highest BCUT2D eigenvalue weighted by molar-refractivity contribution is 6.00. The summed E-state index contributed by atoms with van der Waals surface area (Å²) in [5.41, 5.74) is 1.26. The number of rotatable bonds is 6. The molecule has 13 nitrogen and oxygen atoms in total. The van der Waals surface area contributed by atoms with Crippen molar-refractivity contribution in [2.45, 2.75) is 76.9 Å². The molecule has 1 N–H and O–H groups in total. The molecule has 4 aliphatic rings. The summed E-state index contributed by atoms with van der Waals surface area (Å²) in [7, 11) is 0. The van der Waals surface area contributed by atoms with Crippen LogP contribution >= 0.6 is 0 Å². The van der Waals surface area contributed by atoms with Gasteiger partial charge in [-0.15, -0.1) is 0 Å². The first-order valence-electron chi connectivity index (χ1n) is 18.2. The van der Waals surface area contributed by atoms with Crippen LogP contribution in [0.25, 0.3) is 0 Å². The van der Waals surface area contributed by atoms with Gasteiger partial charge in [0.1, 0.15) is 29.8 Å². The first-order chi connectivity index (χ1) is 24.8. The van der Waals surface area contributed by atoms with Gasteiger partial charge >= 0.3 is 12.2 Å². The van der Waals surface area contributed by atoms with E-state index in [4.69, 9.17) is 9.47 Å². The second kappa shape index (κ2) is 15.4. The fourth-order valence-corrected chi connectivity index (χ4v) is 7.46. The van der Waals surface area contributed by atoms with Gasteiger partial charge in [-0.25, -0.2) is 14.0 Å². The number of ether oxygens (including phenoxy) is 2. The van der Waals surface area contributed by atoms with Crippen LogP contribution in [0.5, 0.6) is 5.75 Å². The molecule has 1 aliphatic carbocycles. The van der Waals surface area contributed by atoms with Gasteiger partial charge < -0.3 is 34.2 Å². The number of benzene rings is 2. The first kappa shape index (κ1) is 36.9. The molecule has 4 fully saturated rings. The quantitative estimate of drug-likeness (QED) is 0.430. The van der Waals surface area contributed by atoms with E-state index in [0.29, 0.717) is 38.2 Å². The zero-order valence-corrected chi connectivity index (χ0v) is 30.1. The van der Waals surface area contributed by atoms with Crippen LogP contribution in [0.2, 0.25) is 0 Å². The molecule has 3 heterocycles. The predicted octanol–water partition coefficient (Wildman–Crippen LogP) is 5.19. The molecule has 0 radical (unpaired) electrons. The lowest BCUT2D eigenvalue weighted by Gasteiger charge is -2.35. The van der Waals surface area contributed by atoms with Crippen molar-refractivity contribution in [2.24, 2.45) is 0 Å². The van der Waals surface area contributed by atoms with Gasteiger partial charge in [0.15, 0.2) is 0 Å². The van der Waals surface area contributed by atoms with Crippen molar-refractivity contribution in [3.8, 4) is 5.75 Å². The van der Waals surface area contributed by atoms with E-state index in [1.165, 1.54) is 17.4 Å². The Morgan fingerprint density at radius 2 is 1.42 bits per heavy atom. The SMILES string of the molecule is CC(C)(C)OC(=O)N1CCC(Oc2ccc(C(=O)N3CCN(C(=O)c4cc(F)cc(N5CCN(C(=O)O)CC5=O)c4)CC3)cc2C2CCCCC2)C1. The molecule has 280 valence electrons. The third-order valence-corrected chi connectivity index (χ3v) is 10.2. The van der Waals surface area contributed by atoms with Crippen LogP contribution in [0.15, 0.2) is 36.4 Å².